The number of aromatic nitrogens is 2. The summed E-state index contributed by atoms with van der Waals surface area (Å²) in [7, 11) is 0. The topological polar surface area (TPSA) is 73.6 Å². The molecule has 0 amide bonds. The summed E-state index contributed by atoms with van der Waals surface area (Å²) in [5.41, 5.74) is 2.03. The molecule has 0 aliphatic rings. The Bertz CT molecular complexity index is 904. The number of benzene rings is 2. The normalized spacial score (nSPS) is 10.0. The number of halogens is 2. The molecule has 0 spiro atoms. The predicted octanol–water partition coefficient (Wildman–Crippen LogP) is 5.14. The molecular formula is C17H11Cl2N5. The molecule has 7 heteroatoms. The fourth-order valence-electron chi connectivity index (χ4n) is 1.98. The third kappa shape index (κ3) is 3.74. The molecule has 0 radical (unpaired) electrons. The van der Waals surface area contributed by atoms with Crippen LogP contribution in [0.15, 0.2) is 54.7 Å². The van der Waals surface area contributed by atoms with Gasteiger partial charge in [-0.1, -0.05) is 29.3 Å². The number of hydrogen-bond acceptors (Lipinski definition) is 5. The largest absolute Gasteiger partial charge is 0.339 e. The van der Waals surface area contributed by atoms with Crippen LogP contribution in [0.25, 0.3) is 0 Å². The van der Waals surface area contributed by atoms with Crippen molar-refractivity contribution in [3.8, 4) is 6.07 Å². The van der Waals surface area contributed by atoms with Crippen LogP contribution in [0.3, 0.4) is 0 Å². The van der Waals surface area contributed by atoms with Crippen molar-refractivity contribution < 1.29 is 0 Å². The van der Waals surface area contributed by atoms with Gasteiger partial charge < -0.3 is 10.6 Å². The lowest BCUT2D eigenvalue weighted by atomic mass is 10.2. The van der Waals surface area contributed by atoms with E-state index in [0.717, 1.165) is 5.69 Å². The van der Waals surface area contributed by atoms with E-state index in [1.54, 1.807) is 48.7 Å². The van der Waals surface area contributed by atoms with Gasteiger partial charge in [0.1, 0.15) is 5.82 Å². The molecule has 2 N–H and O–H groups in total. The molecule has 3 aromatic rings. The average molecular weight is 356 g/mol. The fraction of sp³-hybridized carbons (Fsp3) is 0. The summed E-state index contributed by atoms with van der Waals surface area (Å²) < 4.78 is 0. The minimum Gasteiger partial charge on any atom is -0.339 e. The van der Waals surface area contributed by atoms with Crippen molar-refractivity contribution in [2.45, 2.75) is 0 Å². The molecule has 0 aliphatic heterocycles. The molecule has 5 nitrogen and oxygen atoms in total. The summed E-state index contributed by atoms with van der Waals surface area (Å²) in [6.45, 7) is 0. The van der Waals surface area contributed by atoms with Crippen molar-refractivity contribution in [1.82, 2.24) is 9.97 Å². The SMILES string of the molecule is N#Cc1ccc(Nc2nccc(Nc3cccc(Cl)c3Cl)n2)cc1. The van der Waals surface area contributed by atoms with Crippen molar-refractivity contribution in [3.05, 3.63) is 70.3 Å². The van der Waals surface area contributed by atoms with Crippen molar-refractivity contribution in [1.29, 1.82) is 5.26 Å². The molecule has 0 saturated heterocycles. The van der Waals surface area contributed by atoms with Gasteiger partial charge in [-0.2, -0.15) is 10.2 Å². The Morgan fingerprint density at radius 1 is 0.958 bits per heavy atom. The highest BCUT2D eigenvalue weighted by molar-refractivity contribution is 6.43. The summed E-state index contributed by atoms with van der Waals surface area (Å²) in [6, 6.07) is 16.1. The second-order valence-electron chi connectivity index (χ2n) is 4.81. The van der Waals surface area contributed by atoms with Gasteiger partial charge in [-0.25, -0.2) is 4.98 Å². The van der Waals surface area contributed by atoms with Crippen LogP contribution in [-0.2, 0) is 0 Å². The molecule has 1 heterocycles. The Hall–Kier alpha value is -2.81. The quantitative estimate of drug-likeness (QED) is 0.677. The Morgan fingerprint density at radius 2 is 1.75 bits per heavy atom. The Labute approximate surface area is 148 Å². The Kier molecular flexibility index (Phi) is 4.80. The molecule has 0 bridgehead atoms. The summed E-state index contributed by atoms with van der Waals surface area (Å²) in [4.78, 5) is 8.55. The van der Waals surface area contributed by atoms with E-state index in [9.17, 15) is 0 Å². The maximum Gasteiger partial charge on any atom is 0.229 e. The van der Waals surface area contributed by atoms with Crippen LogP contribution >= 0.6 is 23.2 Å². The van der Waals surface area contributed by atoms with Gasteiger partial charge in [-0.05, 0) is 42.5 Å². The van der Waals surface area contributed by atoms with Crippen LogP contribution in [0.2, 0.25) is 10.0 Å². The number of nitrogens with one attached hydrogen (secondary N) is 2. The van der Waals surface area contributed by atoms with Gasteiger partial charge in [0.25, 0.3) is 0 Å². The van der Waals surface area contributed by atoms with Crippen molar-refractivity contribution in [2.75, 3.05) is 10.6 Å². The minimum atomic E-state index is 0.419. The van der Waals surface area contributed by atoms with Crippen molar-refractivity contribution in [3.63, 3.8) is 0 Å². The van der Waals surface area contributed by atoms with Gasteiger partial charge in [0.05, 0.1) is 27.4 Å². The van der Waals surface area contributed by atoms with Crippen molar-refractivity contribution >= 4 is 46.3 Å². The maximum atomic E-state index is 8.81. The van der Waals surface area contributed by atoms with Crippen LogP contribution in [-0.4, -0.2) is 9.97 Å². The lowest BCUT2D eigenvalue weighted by Gasteiger charge is -2.10. The van der Waals surface area contributed by atoms with Gasteiger partial charge >= 0.3 is 0 Å². The van der Waals surface area contributed by atoms with E-state index in [1.165, 1.54) is 0 Å². The Morgan fingerprint density at radius 3 is 2.50 bits per heavy atom. The third-order valence-corrected chi connectivity index (χ3v) is 3.96. The number of rotatable bonds is 4. The zero-order chi connectivity index (χ0) is 16.9. The molecule has 0 atom stereocenters. The van der Waals surface area contributed by atoms with Crippen LogP contribution in [0, 0.1) is 11.3 Å². The second kappa shape index (κ2) is 7.18. The van der Waals surface area contributed by atoms with Gasteiger partial charge in [-0.3, -0.25) is 0 Å². The van der Waals surface area contributed by atoms with E-state index in [-0.39, 0.29) is 0 Å². The molecular weight excluding hydrogens is 345 g/mol. The highest BCUT2D eigenvalue weighted by atomic mass is 35.5. The molecule has 118 valence electrons. The van der Waals surface area contributed by atoms with Crippen LogP contribution < -0.4 is 10.6 Å². The van der Waals surface area contributed by atoms with Crippen molar-refractivity contribution in [2.24, 2.45) is 0 Å². The maximum absolute atomic E-state index is 8.81. The number of anilines is 4. The molecule has 3 rings (SSSR count). The molecule has 0 aliphatic carbocycles. The van der Waals surface area contributed by atoms with E-state index in [2.05, 4.69) is 26.7 Å². The van der Waals surface area contributed by atoms with E-state index in [0.29, 0.717) is 33.1 Å². The standard InChI is InChI=1S/C17H11Cl2N5/c18-13-2-1-3-14(16(13)19)23-15-8-9-21-17(24-15)22-12-6-4-11(10-20)5-7-12/h1-9H,(H2,21,22,23,24). The first kappa shape index (κ1) is 16.1. The molecule has 1 aromatic heterocycles. The first-order valence-corrected chi connectivity index (χ1v) is 7.72. The summed E-state index contributed by atoms with van der Waals surface area (Å²) in [5.74, 6) is 0.994. The molecule has 0 fully saturated rings. The third-order valence-electron chi connectivity index (χ3n) is 3.14. The lowest BCUT2D eigenvalue weighted by molar-refractivity contribution is 1.17. The minimum absolute atomic E-state index is 0.419. The first-order chi connectivity index (χ1) is 11.7. The molecule has 24 heavy (non-hydrogen) atoms. The summed E-state index contributed by atoms with van der Waals surface area (Å²) >= 11 is 12.2. The monoisotopic (exact) mass is 355 g/mol. The first-order valence-electron chi connectivity index (χ1n) is 6.97. The Balaban J connectivity index is 1.78. The zero-order valence-electron chi connectivity index (χ0n) is 12.3. The smallest absolute Gasteiger partial charge is 0.229 e. The number of nitriles is 1. The van der Waals surface area contributed by atoms with Gasteiger partial charge in [0.2, 0.25) is 5.95 Å². The van der Waals surface area contributed by atoms with E-state index in [4.69, 9.17) is 28.5 Å². The van der Waals surface area contributed by atoms with Gasteiger partial charge in [-0.15, -0.1) is 0 Å². The average Bonchev–Trinajstić information content (AvgIpc) is 2.60. The highest BCUT2D eigenvalue weighted by Gasteiger charge is 2.06. The number of hydrogen-bond donors (Lipinski definition) is 2. The second-order valence-corrected chi connectivity index (χ2v) is 5.59. The lowest BCUT2D eigenvalue weighted by Crippen LogP contribution is -2.00. The molecule has 0 saturated carbocycles. The zero-order valence-corrected chi connectivity index (χ0v) is 13.8. The van der Waals surface area contributed by atoms with Crippen LogP contribution in [0.4, 0.5) is 23.1 Å². The number of nitrogens with zero attached hydrogens (tertiary/aromatic N) is 3. The van der Waals surface area contributed by atoms with Gasteiger partial charge in [0, 0.05) is 11.9 Å². The van der Waals surface area contributed by atoms with Gasteiger partial charge in [0.15, 0.2) is 0 Å². The van der Waals surface area contributed by atoms with E-state index >= 15 is 0 Å². The van der Waals surface area contributed by atoms with E-state index < -0.39 is 0 Å². The fourth-order valence-corrected chi connectivity index (χ4v) is 2.33. The highest BCUT2D eigenvalue weighted by Crippen LogP contribution is 2.31. The van der Waals surface area contributed by atoms with Crippen LogP contribution in [0.1, 0.15) is 5.56 Å². The van der Waals surface area contributed by atoms with Crippen LogP contribution in [0.5, 0.6) is 0 Å². The van der Waals surface area contributed by atoms with E-state index in [1.807, 2.05) is 6.07 Å². The summed E-state index contributed by atoms with van der Waals surface area (Å²) in [5, 5.41) is 15.9. The predicted molar refractivity (Wildman–Crippen MR) is 96.2 cm³/mol. The molecule has 0 unspecified atom stereocenters. The summed E-state index contributed by atoms with van der Waals surface area (Å²) in [6.07, 6.45) is 1.62. The molecule has 2 aromatic carbocycles.